The second-order valence-corrected chi connectivity index (χ2v) is 17.9. The number of rotatable bonds is 7. The molecule has 1 aliphatic heterocycles. The van der Waals surface area contributed by atoms with Crippen molar-refractivity contribution in [2.24, 2.45) is 74.2 Å². The first-order valence-electron chi connectivity index (χ1n) is 17.2. The van der Waals surface area contributed by atoms with E-state index in [-0.39, 0.29) is 44.6 Å². The van der Waals surface area contributed by atoms with E-state index in [2.05, 4.69) is 82.2 Å². The lowest BCUT2D eigenvalue weighted by atomic mass is 9.34. The van der Waals surface area contributed by atoms with Crippen molar-refractivity contribution < 1.29 is 19.4 Å². The van der Waals surface area contributed by atoms with Crippen LogP contribution < -0.4 is 5.73 Å². The molecule has 0 aromatic rings. The molecule has 5 heteroatoms. The van der Waals surface area contributed by atoms with Gasteiger partial charge in [-0.25, -0.2) is 0 Å². The molecular weight excluding hydrogens is 522 g/mol. The van der Waals surface area contributed by atoms with Gasteiger partial charge in [-0.05, 0) is 97.2 Å². The van der Waals surface area contributed by atoms with Crippen molar-refractivity contribution in [1.82, 2.24) is 0 Å². The molecule has 5 aliphatic rings. The summed E-state index contributed by atoms with van der Waals surface area (Å²) in [6.07, 6.45) is 9.03. The van der Waals surface area contributed by atoms with Gasteiger partial charge in [-0.2, -0.15) is 0 Å². The molecule has 1 saturated heterocycles. The fourth-order valence-corrected chi connectivity index (χ4v) is 11.8. The molecule has 0 radical (unpaired) electrons. The van der Waals surface area contributed by atoms with Crippen LogP contribution in [0.4, 0.5) is 0 Å². The van der Waals surface area contributed by atoms with Crippen molar-refractivity contribution in [3.63, 3.8) is 0 Å². The highest BCUT2D eigenvalue weighted by Crippen LogP contribution is 2.75. The maximum atomic E-state index is 13.3. The van der Waals surface area contributed by atoms with E-state index in [1.807, 2.05) is 0 Å². The third-order valence-electron chi connectivity index (χ3n) is 15.3. The molecule has 0 unspecified atom stereocenters. The van der Waals surface area contributed by atoms with Gasteiger partial charge >= 0.3 is 5.97 Å². The minimum atomic E-state index is -0.588. The molecule has 1 heterocycles. The van der Waals surface area contributed by atoms with Gasteiger partial charge in [-0.15, -0.1) is 0 Å². The summed E-state index contributed by atoms with van der Waals surface area (Å²) in [5, 5.41) is 10.9. The second kappa shape index (κ2) is 10.3. The molecule has 12 atom stereocenters. The van der Waals surface area contributed by atoms with Crippen LogP contribution in [0.5, 0.6) is 0 Å². The fourth-order valence-electron chi connectivity index (χ4n) is 11.8. The summed E-state index contributed by atoms with van der Waals surface area (Å²) in [4.78, 5) is 13.3. The van der Waals surface area contributed by atoms with E-state index in [4.69, 9.17) is 15.2 Å². The predicted octanol–water partition coefficient (Wildman–Crippen LogP) is 7.97. The highest BCUT2D eigenvalue weighted by Gasteiger charge is 2.71. The lowest BCUT2D eigenvalue weighted by Gasteiger charge is -2.71. The zero-order valence-corrected chi connectivity index (χ0v) is 28.8. The Labute approximate surface area is 257 Å². The molecule has 4 aliphatic carbocycles. The van der Waals surface area contributed by atoms with Gasteiger partial charge in [0.25, 0.3) is 0 Å². The van der Waals surface area contributed by atoms with Crippen molar-refractivity contribution in [1.29, 1.82) is 0 Å². The smallest absolute Gasteiger partial charge is 0.307 e. The average Bonchev–Trinajstić information content (AvgIpc) is 2.88. The van der Waals surface area contributed by atoms with Crippen molar-refractivity contribution in [3.8, 4) is 0 Å². The number of nitrogens with two attached hydrogens (primary N) is 1. The molecule has 5 rings (SSSR count). The normalized spacial score (nSPS) is 48.9. The quantitative estimate of drug-likeness (QED) is 0.296. The first kappa shape index (κ1) is 32.5. The van der Waals surface area contributed by atoms with Crippen LogP contribution in [0, 0.1) is 68.5 Å². The Morgan fingerprint density at radius 2 is 1.76 bits per heavy atom. The molecule has 3 N–H and O–H groups in total. The van der Waals surface area contributed by atoms with Crippen LogP contribution in [0.25, 0.3) is 0 Å². The SMILES string of the molecule is CC(C)[C@@H](C)[C@@]1(C)CC[C@]2(C)[C@H]3CC[C@@H]4[C@@]5(COC[C@@]4(C)[C@@H](OC[C@@](C)(N)C(C)C)[C@H](C)C5)C3=CC[C@@]2(C)[C@@H]1C(=O)O. The minimum Gasteiger partial charge on any atom is -0.481 e. The Bertz CT molecular complexity index is 1100. The van der Waals surface area contributed by atoms with Gasteiger partial charge in [0.2, 0.25) is 0 Å². The number of ether oxygens (including phenoxy) is 2. The summed E-state index contributed by atoms with van der Waals surface area (Å²) in [6.45, 7) is 27.4. The van der Waals surface area contributed by atoms with Gasteiger partial charge in [0.1, 0.15) is 0 Å². The molecule has 5 nitrogen and oxygen atoms in total. The largest absolute Gasteiger partial charge is 0.481 e. The van der Waals surface area contributed by atoms with E-state index in [0.717, 1.165) is 45.3 Å². The van der Waals surface area contributed by atoms with Crippen LogP contribution in [-0.4, -0.2) is 42.5 Å². The Morgan fingerprint density at radius 1 is 1.10 bits per heavy atom. The summed E-state index contributed by atoms with van der Waals surface area (Å²) in [7, 11) is 0. The van der Waals surface area contributed by atoms with Crippen LogP contribution in [0.1, 0.15) is 115 Å². The summed E-state index contributed by atoms with van der Waals surface area (Å²) in [5.74, 6) is 1.57. The summed E-state index contributed by atoms with van der Waals surface area (Å²) in [6, 6.07) is 0. The molecule has 240 valence electrons. The number of carboxylic acid groups (broad SMARTS) is 1. The maximum absolute atomic E-state index is 13.3. The Morgan fingerprint density at radius 3 is 2.36 bits per heavy atom. The van der Waals surface area contributed by atoms with E-state index in [1.165, 1.54) is 6.42 Å². The number of aliphatic carboxylic acids is 1. The zero-order chi connectivity index (χ0) is 31.3. The van der Waals surface area contributed by atoms with Gasteiger partial charge < -0.3 is 20.3 Å². The van der Waals surface area contributed by atoms with Crippen LogP contribution in [0.2, 0.25) is 0 Å². The van der Waals surface area contributed by atoms with Gasteiger partial charge in [0, 0.05) is 16.4 Å². The van der Waals surface area contributed by atoms with Gasteiger partial charge in [-0.1, -0.05) is 80.9 Å². The first-order valence-corrected chi connectivity index (χ1v) is 17.2. The minimum absolute atomic E-state index is 0.0221. The summed E-state index contributed by atoms with van der Waals surface area (Å²) in [5.41, 5.74) is 7.38. The number of carboxylic acids is 1. The van der Waals surface area contributed by atoms with Crippen LogP contribution in [0.3, 0.4) is 0 Å². The third kappa shape index (κ3) is 4.28. The van der Waals surface area contributed by atoms with E-state index in [0.29, 0.717) is 42.1 Å². The van der Waals surface area contributed by atoms with Crippen molar-refractivity contribution in [3.05, 3.63) is 11.6 Å². The predicted molar refractivity (Wildman–Crippen MR) is 170 cm³/mol. The molecule has 3 saturated carbocycles. The number of fused-ring (bicyclic) bond motifs is 3. The molecular formula is C37H63NO4. The fraction of sp³-hybridized carbons (Fsp3) is 0.919. The number of hydrogen-bond acceptors (Lipinski definition) is 4. The Kier molecular flexibility index (Phi) is 7.97. The molecule has 0 aromatic heterocycles. The van der Waals surface area contributed by atoms with E-state index < -0.39 is 5.97 Å². The molecule has 0 spiro atoms. The van der Waals surface area contributed by atoms with Gasteiger partial charge in [-0.3, -0.25) is 4.79 Å². The zero-order valence-electron chi connectivity index (χ0n) is 28.8. The molecule has 0 amide bonds. The highest BCUT2D eigenvalue weighted by atomic mass is 16.5. The monoisotopic (exact) mass is 585 g/mol. The lowest BCUT2D eigenvalue weighted by Crippen LogP contribution is -2.69. The lowest BCUT2D eigenvalue weighted by molar-refractivity contribution is -0.253. The van der Waals surface area contributed by atoms with Gasteiger partial charge in [0.05, 0.1) is 31.8 Å². The third-order valence-corrected chi connectivity index (χ3v) is 15.3. The van der Waals surface area contributed by atoms with E-state index in [9.17, 15) is 9.90 Å². The standard InChI is InChI=1S/C37H63NO4/c1-22(2)25(6)32(7)16-17-34(9)26-12-13-28-33(8)19-41-21-37(28,27(26)14-15-35(34,10)29(32)31(39)40)18-24(5)30(33)42-20-36(11,38)23(3)4/h14,22-26,28-30H,12-13,15-21,38H2,1-11H3,(H,39,40)/t24-,25-,26+,28+,29-,30+,32-,33-,34-,35+,36-,37+/m1/s1. The first-order chi connectivity index (χ1) is 19.3. The van der Waals surface area contributed by atoms with E-state index in [1.54, 1.807) is 5.57 Å². The van der Waals surface area contributed by atoms with Crippen molar-refractivity contribution in [2.75, 3.05) is 19.8 Å². The number of carbonyl (C=O) groups is 1. The van der Waals surface area contributed by atoms with Crippen LogP contribution in [-0.2, 0) is 14.3 Å². The van der Waals surface area contributed by atoms with Crippen LogP contribution >= 0.6 is 0 Å². The molecule has 42 heavy (non-hydrogen) atoms. The molecule has 2 bridgehead atoms. The van der Waals surface area contributed by atoms with E-state index >= 15 is 0 Å². The topological polar surface area (TPSA) is 81.8 Å². The molecule has 0 aromatic carbocycles. The molecule has 4 fully saturated rings. The maximum Gasteiger partial charge on any atom is 0.307 e. The Balaban J connectivity index is 1.53. The van der Waals surface area contributed by atoms with Gasteiger partial charge in [0.15, 0.2) is 0 Å². The average molecular weight is 586 g/mol. The number of hydrogen-bond donors (Lipinski definition) is 2. The second-order valence-electron chi connectivity index (χ2n) is 17.9. The summed E-state index contributed by atoms with van der Waals surface area (Å²) < 4.78 is 13.4. The summed E-state index contributed by atoms with van der Waals surface area (Å²) >= 11 is 0. The Hall–Kier alpha value is -0.910. The van der Waals surface area contributed by atoms with Crippen LogP contribution in [0.15, 0.2) is 11.6 Å². The highest BCUT2D eigenvalue weighted by molar-refractivity contribution is 5.73. The van der Waals surface area contributed by atoms with Crippen molar-refractivity contribution >= 4 is 5.97 Å². The number of allylic oxidation sites excluding steroid dienone is 1. The van der Waals surface area contributed by atoms with Crippen molar-refractivity contribution in [2.45, 2.75) is 126 Å².